The number of carbonyl (C=O) groups excluding carboxylic acids is 2. The normalized spacial score (nSPS) is 20.8. The number of hydrogen-bond acceptors (Lipinski definition) is 5. The Kier molecular flexibility index (Phi) is 4.98. The molecule has 0 saturated carbocycles. The van der Waals surface area contributed by atoms with Crippen molar-refractivity contribution in [2.75, 3.05) is 37.7 Å². The third-order valence-corrected chi connectivity index (χ3v) is 5.34. The molecule has 1 aromatic heterocycles. The van der Waals surface area contributed by atoms with Gasteiger partial charge in [0.1, 0.15) is 6.04 Å². The summed E-state index contributed by atoms with van der Waals surface area (Å²) in [6.07, 6.45) is 1.86. The number of aliphatic hydroxyl groups excluding tert-OH is 1. The molecule has 3 heterocycles. The Labute approximate surface area is 157 Å². The summed E-state index contributed by atoms with van der Waals surface area (Å²) in [6, 6.07) is 7.55. The molecule has 0 radical (unpaired) electrons. The molecule has 1 aromatic carbocycles. The number of aromatic nitrogens is 2. The first kappa shape index (κ1) is 17.8. The Morgan fingerprint density at radius 1 is 1.22 bits per heavy atom. The van der Waals surface area contributed by atoms with E-state index >= 15 is 0 Å². The molecule has 2 aliphatic heterocycles. The predicted molar refractivity (Wildman–Crippen MR) is 101 cm³/mol. The fourth-order valence-electron chi connectivity index (χ4n) is 3.98. The highest BCUT2D eigenvalue weighted by atomic mass is 16.3. The van der Waals surface area contributed by atoms with Crippen LogP contribution < -0.4 is 10.2 Å². The van der Waals surface area contributed by atoms with Crippen molar-refractivity contribution in [2.45, 2.75) is 31.8 Å². The van der Waals surface area contributed by atoms with Crippen molar-refractivity contribution in [3.63, 3.8) is 0 Å². The molecule has 4 rings (SSSR count). The molecule has 2 aliphatic rings. The zero-order valence-corrected chi connectivity index (χ0v) is 15.3. The highest BCUT2D eigenvalue weighted by Crippen LogP contribution is 2.24. The SMILES string of the molecule is O=C1CCC(C(=O)N2CCCN(c3nc4ccccc4n3CCO)CC2)N1. The average Bonchev–Trinajstić information content (AvgIpc) is 3.17. The van der Waals surface area contributed by atoms with E-state index in [9.17, 15) is 14.7 Å². The summed E-state index contributed by atoms with van der Waals surface area (Å²) in [4.78, 5) is 32.9. The van der Waals surface area contributed by atoms with Crippen molar-refractivity contribution >= 4 is 28.8 Å². The molecule has 0 aliphatic carbocycles. The molecule has 0 spiro atoms. The molecule has 1 unspecified atom stereocenters. The third kappa shape index (κ3) is 3.49. The average molecular weight is 371 g/mol. The summed E-state index contributed by atoms with van der Waals surface area (Å²) in [5, 5.41) is 12.2. The van der Waals surface area contributed by atoms with Crippen molar-refractivity contribution in [2.24, 2.45) is 0 Å². The highest BCUT2D eigenvalue weighted by molar-refractivity contribution is 5.90. The number of imidazole rings is 1. The van der Waals surface area contributed by atoms with Crippen LogP contribution in [0.5, 0.6) is 0 Å². The number of rotatable bonds is 4. The van der Waals surface area contributed by atoms with E-state index in [1.807, 2.05) is 33.7 Å². The van der Waals surface area contributed by atoms with Gasteiger partial charge in [-0.1, -0.05) is 12.1 Å². The van der Waals surface area contributed by atoms with Crippen molar-refractivity contribution in [1.82, 2.24) is 19.8 Å². The number of aliphatic hydroxyl groups is 1. The molecular weight excluding hydrogens is 346 g/mol. The van der Waals surface area contributed by atoms with E-state index in [0.717, 1.165) is 29.9 Å². The van der Waals surface area contributed by atoms with Crippen LogP contribution in [0.4, 0.5) is 5.95 Å². The van der Waals surface area contributed by atoms with E-state index in [0.29, 0.717) is 39.0 Å². The van der Waals surface area contributed by atoms with E-state index < -0.39 is 0 Å². The lowest BCUT2D eigenvalue weighted by Gasteiger charge is -2.25. The maximum absolute atomic E-state index is 12.7. The molecule has 27 heavy (non-hydrogen) atoms. The summed E-state index contributed by atoms with van der Waals surface area (Å²) in [6.45, 7) is 3.31. The first-order chi connectivity index (χ1) is 13.2. The molecule has 0 bridgehead atoms. The predicted octanol–water partition coefficient (Wildman–Crippen LogP) is 0.346. The van der Waals surface area contributed by atoms with Crippen LogP contribution in [0.3, 0.4) is 0 Å². The Morgan fingerprint density at radius 2 is 2.07 bits per heavy atom. The van der Waals surface area contributed by atoms with Crippen molar-refractivity contribution in [3.05, 3.63) is 24.3 Å². The number of benzene rings is 1. The molecule has 8 nitrogen and oxygen atoms in total. The fraction of sp³-hybridized carbons (Fsp3) is 0.526. The number of nitrogens with one attached hydrogen (secondary N) is 1. The summed E-state index contributed by atoms with van der Waals surface area (Å²) in [5.74, 6) is 0.822. The second kappa shape index (κ2) is 7.56. The van der Waals surface area contributed by atoms with E-state index in [1.54, 1.807) is 0 Å². The van der Waals surface area contributed by atoms with Gasteiger partial charge in [0.05, 0.1) is 17.6 Å². The molecule has 2 fully saturated rings. The smallest absolute Gasteiger partial charge is 0.245 e. The molecule has 2 amide bonds. The molecule has 2 N–H and O–H groups in total. The number of hydrogen-bond donors (Lipinski definition) is 2. The zero-order chi connectivity index (χ0) is 18.8. The topological polar surface area (TPSA) is 90.7 Å². The van der Waals surface area contributed by atoms with Crippen LogP contribution in [0, 0.1) is 0 Å². The molecule has 8 heteroatoms. The second-order valence-electron chi connectivity index (χ2n) is 7.10. The van der Waals surface area contributed by atoms with Crippen LogP contribution >= 0.6 is 0 Å². The summed E-state index contributed by atoms with van der Waals surface area (Å²) >= 11 is 0. The number of fused-ring (bicyclic) bond motifs is 1. The quantitative estimate of drug-likeness (QED) is 0.809. The van der Waals surface area contributed by atoms with Crippen molar-refractivity contribution in [1.29, 1.82) is 0 Å². The lowest BCUT2D eigenvalue weighted by molar-refractivity contribution is -0.134. The van der Waals surface area contributed by atoms with Gasteiger partial charge in [0.25, 0.3) is 0 Å². The van der Waals surface area contributed by atoms with Crippen LogP contribution in [0.1, 0.15) is 19.3 Å². The Balaban J connectivity index is 1.51. The van der Waals surface area contributed by atoms with Crippen LogP contribution in [0.15, 0.2) is 24.3 Å². The minimum Gasteiger partial charge on any atom is -0.395 e. The second-order valence-corrected chi connectivity index (χ2v) is 7.10. The maximum Gasteiger partial charge on any atom is 0.245 e. The van der Waals surface area contributed by atoms with Gasteiger partial charge in [0, 0.05) is 39.1 Å². The molecule has 1 atom stereocenters. The van der Waals surface area contributed by atoms with Crippen LogP contribution in [0.2, 0.25) is 0 Å². The van der Waals surface area contributed by atoms with Gasteiger partial charge < -0.3 is 24.8 Å². The standard InChI is InChI=1S/C19H25N5O3/c25-13-12-24-16-5-2-1-4-14(16)21-19(24)23-9-3-8-22(10-11-23)18(27)15-6-7-17(26)20-15/h1-2,4-5,15,25H,3,6-13H2,(H,20,26). The maximum atomic E-state index is 12.7. The molecule has 2 aromatic rings. The minimum absolute atomic E-state index is 0.0200. The number of nitrogens with zero attached hydrogens (tertiary/aromatic N) is 4. The number of amides is 2. The largest absolute Gasteiger partial charge is 0.395 e. The van der Waals surface area contributed by atoms with Gasteiger partial charge in [-0.05, 0) is 25.0 Å². The monoisotopic (exact) mass is 371 g/mol. The fourth-order valence-corrected chi connectivity index (χ4v) is 3.98. The first-order valence-corrected chi connectivity index (χ1v) is 9.56. The van der Waals surface area contributed by atoms with Gasteiger partial charge in [0.2, 0.25) is 17.8 Å². The van der Waals surface area contributed by atoms with Gasteiger partial charge in [-0.3, -0.25) is 9.59 Å². The van der Waals surface area contributed by atoms with E-state index in [2.05, 4.69) is 10.2 Å². The van der Waals surface area contributed by atoms with Gasteiger partial charge in [-0.2, -0.15) is 0 Å². The Bertz CT molecular complexity index is 849. The van der Waals surface area contributed by atoms with Gasteiger partial charge >= 0.3 is 0 Å². The summed E-state index contributed by atoms with van der Waals surface area (Å²) in [5.41, 5.74) is 1.92. The van der Waals surface area contributed by atoms with E-state index in [1.165, 1.54) is 0 Å². The van der Waals surface area contributed by atoms with E-state index in [-0.39, 0.29) is 24.5 Å². The molecular formula is C19H25N5O3. The highest BCUT2D eigenvalue weighted by Gasteiger charge is 2.32. The Morgan fingerprint density at radius 3 is 2.85 bits per heavy atom. The van der Waals surface area contributed by atoms with Crippen molar-refractivity contribution in [3.8, 4) is 0 Å². The molecule has 144 valence electrons. The van der Waals surface area contributed by atoms with Crippen LogP contribution in [-0.4, -0.2) is 70.2 Å². The summed E-state index contributed by atoms with van der Waals surface area (Å²) < 4.78 is 2.05. The van der Waals surface area contributed by atoms with Gasteiger partial charge in [-0.15, -0.1) is 0 Å². The van der Waals surface area contributed by atoms with Gasteiger partial charge in [-0.25, -0.2) is 4.98 Å². The van der Waals surface area contributed by atoms with Crippen LogP contribution in [0.25, 0.3) is 11.0 Å². The number of para-hydroxylation sites is 2. The zero-order valence-electron chi connectivity index (χ0n) is 15.3. The van der Waals surface area contributed by atoms with E-state index in [4.69, 9.17) is 4.98 Å². The van der Waals surface area contributed by atoms with Crippen LogP contribution in [-0.2, 0) is 16.1 Å². The number of carbonyl (C=O) groups is 2. The Hall–Kier alpha value is -2.61. The number of anilines is 1. The summed E-state index contributed by atoms with van der Waals surface area (Å²) in [7, 11) is 0. The molecule has 2 saturated heterocycles. The minimum atomic E-state index is -0.372. The third-order valence-electron chi connectivity index (χ3n) is 5.34. The first-order valence-electron chi connectivity index (χ1n) is 9.56. The van der Waals surface area contributed by atoms with Gasteiger partial charge in [0.15, 0.2) is 0 Å². The lowest BCUT2D eigenvalue weighted by atomic mass is 10.2. The lowest BCUT2D eigenvalue weighted by Crippen LogP contribution is -2.45. The van der Waals surface area contributed by atoms with Crippen molar-refractivity contribution < 1.29 is 14.7 Å².